The van der Waals surface area contributed by atoms with Crippen molar-refractivity contribution in [1.29, 1.82) is 0 Å². The molecule has 152 valence electrons. The van der Waals surface area contributed by atoms with Gasteiger partial charge >= 0.3 is 0 Å². The molecule has 1 amide bonds. The standard InChI is InChI=1S/C22H30N2O4/c1-13-3-6-17(20(23)27)19(26)18(13)21-9-10-24(12-15-4-5-15)14(2)22(21,28)8-7-16(25)11-21/h3,6,14-15,26,28H,4-5,7-12H2,1-2H3,(H2,23,27). The lowest BCUT2D eigenvalue weighted by Gasteiger charge is -2.60. The number of rotatable bonds is 4. The van der Waals surface area contributed by atoms with Crippen LogP contribution in [0.5, 0.6) is 5.75 Å². The molecule has 1 heterocycles. The number of amides is 1. The number of primary amides is 1. The summed E-state index contributed by atoms with van der Waals surface area (Å²) in [4.78, 5) is 26.7. The fourth-order valence-corrected chi connectivity index (χ4v) is 5.70. The van der Waals surface area contributed by atoms with Crippen LogP contribution < -0.4 is 5.73 Å². The predicted octanol–water partition coefficient (Wildman–Crippen LogP) is 2.03. The van der Waals surface area contributed by atoms with Crippen LogP contribution in [0.4, 0.5) is 0 Å². The first-order valence-corrected chi connectivity index (χ1v) is 10.3. The Morgan fingerprint density at radius 1 is 1.32 bits per heavy atom. The summed E-state index contributed by atoms with van der Waals surface area (Å²) >= 11 is 0. The minimum Gasteiger partial charge on any atom is -0.507 e. The van der Waals surface area contributed by atoms with Gasteiger partial charge in [-0.05, 0) is 63.6 Å². The SMILES string of the molecule is Cc1ccc(C(N)=O)c(O)c1C12CCN(CC3CC3)C(C)C1(O)CCC(=O)C2. The van der Waals surface area contributed by atoms with Gasteiger partial charge in [-0.15, -0.1) is 0 Å². The molecular weight excluding hydrogens is 356 g/mol. The second kappa shape index (κ2) is 6.56. The molecular formula is C22H30N2O4. The lowest BCUT2D eigenvalue weighted by atomic mass is 9.52. The number of ketones is 1. The molecule has 4 rings (SSSR count). The molecule has 3 atom stereocenters. The monoisotopic (exact) mass is 386 g/mol. The number of carbonyl (C=O) groups is 2. The molecule has 0 spiro atoms. The first-order valence-electron chi connectivity index (χ1n) is 10.3. The summed E-state index contributed by atoms with van der Waals surface area (Å²) in [5, 5.41) is 23.0. The molecule has 0 aromatic heterocycles. The maximum absolute atomic E-state index is 12.6. The summed E-state index contributed by atoms with van der Waals surface area (Å²) in [6, 6.07) is 3.14. The number of hydrogen-bond donors (Lipinski definition) is 3. The van der Waals surface area contributed by atoms with Crippen LogP contribution in [0.25, 0.3) is 0 Å². The molecule has 6 nitrogen and oxygen atoms in total. The lowest BCUT2D eigenvalue weighted by Crippen LogP contribution is -2.70. The van der Waals surface area contributed by atoms with Crippen molar-refractivity contribution in [2.75, 3.05) is 13.1 Å². The quantitative estimate of drug-likeness (QED) is 0.734. The van der Waals surface area contributed by atoms with Gasteiger partial charge in [0.05, 0.1) is 11.2 Å². The van der Waals surface area contributed by atoms with Crippen molar-refractivity contribution in [3.05, 3.63) is 28.8 Å². The Kier molecular flexibility index (Phi) is 4.55. The van der Waals surface area contributed by atoms with Crippen molar-refractivity contribution in [2.45, 2.75) is 69.4 Å². The van der Waals surface area contributed by atoms with Crippen LogP contribution in [0.2, 0.25) is 0 Å². The third-order valence-corrected chi connectivity index (χ3v) is 7.50. The van der Waals surface area contributed by atoms with E-state index in [0.717, 1.165) is 18.7 Å². The van der Waals surface area contributed by atoms with Crippen LogP contribution >= 0.6 is 0 Å². The van der Waals surface area contributed by atoms with Gasteiger partial charge in [-0.25, -0.2) is 0 Å². The Balaban J connectivity index is 1.86. The molecule has 28 heavy (non-hydrogen) atoms. The highest BCUT2D eigenvalue weighted by Gasteiger charge is 2.62. The second-order valence-electron chi connectivity index (χ2n) is 9.10. The van der Waals surface area contributed by atoms with Gasteiger partial charge in [0.25, 0.3) is 5.91 Å². The number of fused-ring (bicyclic) bond motifs is 1. The highest BCUT2D eigenvalue weighted by Crippen LogP contribution is 2.56. The zero-order chi connectivity index (χ0) is 20.3. The summed E-state index contributed by atoms with van der Waals surface area (Å²) in [5.74, 6) is -0.0867. The van der Waals surface area contributed by atoms with Crippen LogP contribution in [0.15, 0.2) is 12.1 Å². The van der Waals surface area contributed by atoms with Crippen LogP contribution in [-0.4, -0.2) is 51.5 Å². The van der Waals surface area contributed by atoms with Crippen molar-refractivity contribution in [3.8, 4) is 5.75 Å². The number of Topliss-reactive ketones (excluding diaryl/α,β-unsaturated/α-hetero) is 1. The maximum Gasteiger partial charge on any atom is 0.252 e. The van der Waals surface area contributed by atoms with Gasteiger partial charge in [0.15, 0.2) is 0 Å². The Labute approximate surface area is 165 Å². The second-order valence-corrected chi connectivity index (χ2v) is 9.10. The Hall–Kier alpha value is -1.92. The number of phenols is 1. The Morgan fingerprint density at radius 2 is 2.04 bits per heavy atom. The largest absolute Gasteiger partial charge is 0.507 e. The topological polar surface area (TPSA) is 104 Å². The average Bonchev–Trinajstić information content (AvgIpc) is 3.44. The number of aliphatic hydroxyl groups is 1. The van der Waals surface area contributed by atoms with Gasteiger partial charge in [-0.1, -0.05) is 6.07 Å². The zero-order valence-electron chi connectivity index (χ0n) is 16.7. The number of benzene rings is 1. The normalized spacial score (nSPS) is 33.5. The Bertz CT molecular complexity index is 834. The molecule has 2 saturated carbocycles. The molecule has 1 aromatic carbocycles. The van der Waals surface area contributed by atoms with E-state index in [2.05, 4.69) is 4.90 Å². The number of carbonyl (C=O) groups excluding carboxylic acids is 2. The first kappa shape index (κ1) is 19.4. The number of hydrogen-bond acceptors (Lipinski definition) is 5. The smallest absolute Gasteiger partial charge is 0.252 e. The molecule has 1 aliphatic heterocycles. The molecule has 1 aromatic rings. The summed E-state index contributed by atoms with van der Waals surface area (Å²) in [6.07, 6.45) is 3.95. The average molecular weight is 386 g/mol. The molecule has 0 bridgehead atoms. The highest BCUT2D eigenvalue weighted by molar-refractivity contribution is 5.96. The minimum atomic E-state index is -1.15. The van der Waals surface area contributed by atoms with E-state index in [9.17, 15) is 19.8 Å². The number of nitrogens with two attached hydrogens (primary N) is 1. The van der Waals surface area contributed by atoms with E-state index >= 15 is 0 Å². The van der Waals surface area contributed by atoms with Crippen LogP contribution in [-0.2, 0) is 10.2 Å². The van der Waals surface area contributed by atoms with Gasteiger partial charge in [0, 0.05) is 36.4 Å². The van der Waals surface area contributed by atoms with E-state index in [1.807, 2.05) is 13.8 Å². The van der Waals surface area contributed by atoms with E-state index in [0.29, 0.717) is 30.7 Å². The van der Waals surface area contributed by atoms with Crippen LogP contribution in [0.1, 0.15) is 66.9 Å². The number of aromatic hydroxyl groups is 1. The third kappa shape index (κ3) is 2.77. The van der Waals surface area contributed by atoms with Crippen molar-refractivity contribution < 1.29 is 19.8 Å². The van der Waals surface area contributed by atoms with E-state index in [1.165, 1.54) is 18.9 Å². The molecule has 0 radical (unpaired) electrons. The summed E-state index contributed by atoms with van der Waals surface area (Å²) in [7, 11) is 0. The summed E-state index contributed by atoms with van der Waals surface area (Å²) in [5.41, 5.74) is 4.76. The lowest BCUT2D eigenvalue weighted by molar-refractivity contribution is -0.165. The van der Waals surface area contributed by atoms with Gasteiger partial charge in [-0.2, -0.15) is 0 Å². The number of aryl methyl sites for hydroxylation is 1. The van der Waals surface area contributed by atoms with Crippen molar-refractivity contribution in [2.24, 2.45) is 11.7 Å². The minimum absolute atomic E-state index is 0.0448. The molecule has 6 heteroatoms. The fourth-order valence-electron chi connectivity index (χ4n) is 5.70. The van der Waals surface area contributed by atoms with Gasteiger partial charge in [0.2, 0.25) is 0 Å². The van der Waals surface area contributed by atoms with Gasteiger partial charge in [0.1, 0.15) is 11.5 Å². The third-order valence-electron chi connectivity index (χ3n) is 7.50. The predicted molar refractivity (Wildman–Crippen MR) is 105 cm³/mol. The first-order chi connectivity index (χ1) is 13.2. The van der Waals surface area contributed by atoms with Gasteiger partial charge < -0.3 is 15.9 Å². The van der Waals surface area contributed by atoms with E-state index in [1.54, 1.807) is 6.07 Å². The number of piperidine rings is 1. The molecule has 3 fully saturated rings. The number of nitrogens with zero attached hydrogens (tertiary/aromatic N) is 1. The van der Waals surface area contributed by atoms with Crippen molar-refractivity contribution >= 4 is 11.7 Å². The summed E-state index contributed by atoms with van der Waals surface area (Å²) in [6.45, 7) is 5.62. The van der Waals surface area contributed by atoms with Gasteiger partial charge in [-0.3, -0.25) is 14.5 Å². The number of likely N-dealkylation sites (tertiary alicyclic amines) is 1. The van der Waals surface area contributed by atoms with Crippen LogP contribution in [0, 0.1) is 12.8 Å². The molecule has 1 saturated heterocycles. The molecule has 4 N–H and O–H groups in total. The van der Waals surface area contributed by atoms with E-state index in [4.69, 9.17) is 5.73 Å². The summed E-state index contributed by atoms with van der Waals surface area (Å²) < 4.78 is 0. The molecule has 3 unspecified atom stereocenters. The highest BCUT2D eigenvalue weighted by atomic mass is 16.3. The van der Waals surface area contributed by atoms with Crippen molar-refractivity contribution in [1.82, 2.24) is 4.90 Å². The zero-order valence-corrected chi connectivity index (χ0v) is 16.7. The maximum atomic E-state index is 12.6. The Morgan fingerprint density at radius 3 is 2.68 bits per heavy atom. The molecule has 3 aliphatic rings. The van der Waals surface area contributed by atoms with E-state index in [-0.39, 0.29) is 29.6 Å². The van der Waals surface area contributed by atoms with Crippen LogP contribution in [0.3, 0.4) is 0 Å². The van der Waals surface area contributed by atoms with Crippen molar-refractivity contribution in [3.63, 3.8) is 0 Å². The fraction of sp³-hybridized carbons (Fsp3) is 0.636. The van der Waals surface area contributed by atoms with E-state index < -0.39 is 16.9 Å². The molecule has 2 aliphatic carbocycles.